The minimum atomic E-state index is -1.07. The first kappa shape index (κ1) is 13.3. The number of aryl methyl sites for hydroxylation is 1. The van der Waals surface area contributed by atoms with E-state index in [9.17, 15) is 9.59 Å². The molecule has 0 amide bonds. The molecule has 0 aromatic carbocycles. The lowest BCUT2D eigenvalue weighted by Crippen LogP contribution is -2.22. The SMILES string of the molecule is Cc1nc2cc(C(C)(C)C)on2c(=O)c1CC(=O)O. The summed E-state index contributed by atoms with van der Waals surface area (Å²) < 4.78 is 6.55. The van der Waals surface area contributed by atoms with E-state index in [-0.39, 0.29) is 17.4 Å². The number of aromatic nitrogens is 2. The van der Waals surface area contributed by atoms with Gasteiger partial charge in [0, 0.05) is 17.2 Å². The first-order valence-electron chi connectivity index (χ1n) is 5.95. The number of hydrogen-bond acceptors (Lipinski definition) is 4. The predicted octanol–water partition coefficient (Wildman–Crippen LogP) is 1.52. The summed E-state index contributed by atoms with van der Waals surface area (Å²) in [5.41, 5.74) is 0.275. The van der Waals surface area contributed by atoms with Crippen molar-refractivity contribution in [3.8, 4) is 0 Å². The Kier molecular flexibility index (Phi) is 2.96. The molecule has 2 heterocycles. The van der Waals surface area contributed by atoms with Gasteiger partial charge in [-0.2, -0.15) is 0 Å². The fourth-order valence-electron chi connectivity index (χ4n) is 1.80. The summed E-state index contributed by atoms with van der Waals surface area (Å²) in [7, 11) is 0. The van der Waals surface area contributed by atoms with Crippen LogP contribution in [-0.4, -0.2) is 20.6 Å². The van der Waals surface area contributed by atoms with Gasteiger partial charge < -0.3 is 9.63 Å². The van der Waals surface area contributed by atoms with Crippen LogP contribution >= 0.6 is 0 Å². The summed E-state index contributed by atoms with van der Waals surface area (Å²) in [6.07, 6.45) is -0.355. The third kappa shape index (κ3) is 2.38. The third-order valence-corrected chi connectivity index (χ3v) is 2.89. The zero-order valence-corrected chi connectivity index (χ0v) is 11.4. The van der Waals surface area contributed by atoms with Gasteiger partial charge in [-0.3, -0.25) is 9.59 Å². The van der Waals surface area contributed by atoms with Crippen molar-refractivity contribution in [2.45, 2.75) is 39.5 Å². The summed E-state index contributed by atoms with van der Waals surface area (Å²) in [5.74, 6) is -0.437. The third-order valence-electron chi connectivity index (χ3n) is 2.89. The maximum absolute atomic E-state index is 12.2. The van der Waals surface area contributed by atoms with E-state index in [1.807, 2.05) is 20.8 Å². The number of carboxylic acid groups (broad SMARTS) is 1. The van der Waals surface area contributed by atoms with Gasteiger partial charge in [-0.25, -0.2) is 4.98 Å². The molecule has 0 aliphatic heterocycles. The molecule has 6 nitrogen and oxygen atoms in total. The summed E-state index contributed by atoms with van der Waals surface area (Å²) in [4.78, 5) is 27.2. The molecule has 19 heavy (non-hydrogen) atoms. The molecule has 0 saturated heterocycles. The van der Waals surface area contributed by atoms with Gasteiger partial charge in [0.1, 0.15) is 5.76 Å². The second-order valence-corrected chi connectivity index (χ2v) is 5.55. The van der Waals surface area contributed by atoms with Crippen LogP contribution in [0.15, 0.2) is 15.4 Å². The van der Waals surface area contributed by atoms with E-state index in [4.69, 9.17) is 9.63 Å². The van der Waals surface area contributed by atoms with Crippen molar-refractivity contribution >= 4 is 11.6 Å². The lowest BCUT2D eigenvalue weighted by Gasteiger charge is -2.12. The number of carboxylic acids is 1. The van der Waals surface area contributed by atoms with E-state index in [0.29, 0.717) is 17.1 Å². The van der Waals surface area contributed by atoms with E-state index in [1.54, 1.807) is 13.0 Å². The van der Waals surface area contributed by atoms with Crippen LogP contribution in [0.4, 0.5) is 0 Å². The van der Waals surface area contributed by atoms with E-state index in [0.717, 1.165) is 4.57 Å². The number of nitrogens with zero attached hydrogens (tertiary/aromatic N) is 2. The van der Waals surface area contributed by atoms with E-state index < -0.39 is 11.5 Å². The van der Waals surface area contributed by atoms with Crippen LogP contribution in [0.1, 0.15) is 37.8 Å². The molecule has 0 radical (unpaired) electrons. The lowest BCUT2D eigenvalue weighted by molar-refractivity contribution is -0.136. The van der Waals surface area contributed by atoms with Gasteiger partial charge in [0.05, 0.1) is 12.0 Å². The zero-order chi connectivity index (χ0) is 14.4. The lowest BCUT2D eigenvalue weighted by atomic mass is 9.94. The number of fused-ring (bicyclic) bond motifs is 1. The van der Waals surface area contributed by atoms with E-state index >= 15 is 0 Å². The monoisotopic (exact) mass is 264 g/mol. The Morgan fingerprint density at radius 3 is 2.63 bits per heavy atom. The standard InChI is InChI=1S/C13H16N2O4/c1-7-8(5-11(16)17)12(18)15-10(14-7)6-9(19-15)13(2,3)4/h6H,5H2,1-4H3,(H,16,17). The van der Waals surface area contributed by atoms with Crippen LogP contribution < -0.4 is 5.56 Å². The topological polar surface area (TPSA) is 84.8 Å². The van der Waals surface area contributed by atoms with Crippen LogP contribution in [-0.2, 0) is 16.6 Å². The van der Waals surface area contributed by atoms with Gasteiger partial charge in [0.25, 0.3) is 5.56 Å². The molecule has 0 saturated carbocycles. The maximum atomic E-state index is 12.2. The first-order valence-corrected chi connectivity index (χ1v) is 5.95. The molecule has 2 rings (SSSR count). The smallest absolute Gasteiger partial charge is 0.308 e. The molecule has 0 atom stereocenters. The number of hydrogen-bond donors (Lipinski definition) is 1. The molecule has 0 unspecified atom stereocenters. The van der Waals surface area contributed by atoms with Gasteiger partial charge in [0.15, 0.2) is 5.65 Å². The Bertz CT molecular complexity index is 704. The van der Waals surface area contributed by atoms with Gasteiger partial charge in [-0.15, -0.1) is 4.57 Å². The summed E-state index contributed by atoms with van der Waals surface area (Å²) in [6, 6.07) is 1.71. The fraction of sp³-hybridized carbons (Fsp3) is 0.462. The zero-order valence-electron chi connectivity index (χ0n) is 11.4. The van der Waals surface area contributed by atoms with Crippen LogP contribution in [0.25, 0.3) is 5.65 Å². The second-order valence-electron chi connectivity index (χ2n) is 5.55. The second kappa shape index (κ2) is 4.22. The minimum Gasteiger partial charge on any atom is -0.481 e. The Balaban J connectivity index is 2.71. The van der Waals surface area contributed by atoms with Crippen molar-refractivity contribution in [1.29, 1.82) is 0 Å². The van der Waals surface area contributed by atoms with Crippen LogP contribution in [0.2, 0.25) is 0 Å². The van der Waals surface area contributed by atoms with Crippen molar-refractivity contribution < 1.29 is 14.4 Å². The normalized spacial score (nSPS) is 12.0. The number of rotatable bonds is 2. The molecular weight excluding hydrogens is 248 g/mol. The molecule has 2 aromatic rings. The molecule has 0 fully saturated rings. The van der Waals surface area contributed by atoms with Crippen molar-refractivity contribution in [3.63, 3.8) is 0 Å². The molecule has 0 spiro atoms. The molecule has 0 bridgehead atoms. The summed E-state index contributed by atoms with van der Waals surface area (Å²) >= 11 is 0. The van der Waals surface area contributed by atoms with Crippen molar-refractivity contribution in [2.75, 3.05) is 0 Å². The van der Waals surface area contributed by atoms with Crippen molar-refractivity contribution in [3.05, 3.63) is 33.4 Å². The van der Waals surface area contributed by atoms with Gasteiger partial charge in [0.2, 0.25) is 0 Å². The highest BCUT2D eigenvalue weighted by atomic mass is 16.5. The Hall–Kier alpha value is -2.11. The highest BCUT2D eigenvalue weighted by molar-refractivity contribution is 5.70. The number of carbonyl (C=O) groups is 1. The molecule has 102 valence electrons. The summed E-state index contributed by atoms with van der Waals surface area (Å²) in [6.45, 7) is 7.51. The molecule has 2 aromatic heterocycles. The van der Waals surface area contributed by atoms with Crippen molar-refractivity contribution in [2.24, 2.45) is 0 Å². The van der Waals surface area contributed by atoms with Crippen LogP contribution in [0, 0.1) is 6.92 Å². The Morgan fingerprint density at radius 2 is 2.11 bits per heavy atom. The van der Waals surface area contributed by atoms with Crippen molar-refractivity contribution in [1.82, 2.24) is 9.56 Å². The average Bonchev–Trinajstić information content (AvgIpc) is 2.67. The van der Waals surface area contributed by atoms with Gasteiger partial charge >= 0.3 is 5.97 Å². The van der Waals surface area contributed by atoms with E-state index in [2.05, 4.69) is 4.98 Å². The number of aliphatic carboxylic acids is 1. The quantitative estimate of drug-likeness (QED) is 0.888. The molecule has 1 N–H and O–H groups in total. The predicted molar refractivity (Wildman–Crippen MR) is 68.5 cm³/mol. The minimum absolute atomic E-state index is 0.153. The maximum Gasteiger partial charge on any atom is 0.308 e. The Labute approximate surface area is 109 Å². The summed E-state index contributed by atoms with van der Waals surface area (Å²) in [5, 5.41) is 8.82. The highest BCUT2D eigenvalue weighted by Crippen LogP contribution is 2.23. The first-order chi connectivity index (χ1) is 8.70. The fourth-order valence-corrected chi connectivity index (χ4v) is 1.80. The van der Waals surface area contributed by atoms with Crippen LogP contribution in [0.5, 0.6) is 0 Å². The molecule has 6 heteroatoms. The highest BCUT2D eigenvalue weighted by Gasteiger charge is 2.22. The average molecular weight is 264 g/mol. The largest absolute Gasteiger partial charge is 0.481 e. The molecular formula is C13H16N2O4. The molecule has 0 aliphatic carbocycles. The van der Waals surface area contributed by atoms with E-state index in [1.165, 1.54) is 0 Å². The van der Waals surface area contributed by atoms with Gasteiger partial charge in [-0.05, 0) is 6.92 Å². The Morgan fingerprint density at radius 1 is 1.47 bits per heavy atom. The van der Waals surface area contributed by atoms with Crippen LogP contribution in [0.3, 0.4) is 0 Å². The van der Waals surface area contributed by atoms with Gasteiger partial charge in [-0.1, -0.05) is 20.8 Å². The molecule has 0 aliphatic rings.